The van der Waals surface area contributed by atoms with E-state index in [9.17, 15) is 9.59 Å². The van der Waals surface area contributed by atoms with Gasteiger partial charge in [-0.1, -0.05) is 57.0 Å². The first-order valence-electron chi connectivity index (χ1n) is 13.9. The number of hydrogen-bond donors (Lipinski definition) is 0. The highest BCUT2D eigenvalue weighted by atomic mass is 16.5. The van der Waals surface area contributed by atoms with Crippen molar-refractivity contribution >= 4 is 28.4 Å². The van der Waals surface area contributed by atoms with E-state index in [1.165, 1.54) is 18.4 Å². The van der Waals surface area contributed by atoms with Crippen LogP contribution in [0.2, 0.25) is 0 Å². The largest absolute Gasteiger partial charge is 0.465 e. The summed E-state index contributed by atoms with van der Waals surface area (Å²) in [5.74, 6) is 0.102. The van der Waals surface area contributed by atoms with Crippen molar-refractivity contribution in [2.24, 2.45) is 0 Å². The Labute approximate surface area is 225 Å². The molecule has 1 fully saturated rings. The summed E-state index contributed by atoms with van der Waals surface area (Å²) in [6.45, 7) is 9.35. The fourth-order valence-corrected chi connectivity index (χ4v) is 6.26. The molecule has 5 rings (SSSR count). The minimum absolute atomic E-state index is 0.0691. The van der Waals surface area contributed by atoms with Gasteiger partial charge >= 0.3 is 5.97 Å². The van der Waals surface area contributed by atoms with Crippen LogP contribution in [0.3, 0.4) is 0 Å². The zero-order valence-electron chi connectivity index (χ0n) is 23.0. The number of amides is 1. The third kappa shape index (κ3) is 4.55. The molecule has 0 bridgehead atoms. The van der Waals surface area contributed by atoms with Crippen molar-refractivity contribution in [3.8, 4) is 11.3 Å². The molecule has 2 aliphatic heterocycles. The number of morpholine rings is 1. The molecule has 38 heavy (non-hydrogen) atoms. The van der Waals surface area contributed by atoms with Crippen LogP contribution < -0.4 is 0 Å². The molecule has 3 heterocycles. The van der Waals surface area contributed by atoms with E-state index in [4.69, 9.17) is 9.47 Å². The SMILES string of the molecule is CCCC(CCC)c1c2n(c3cc(C(=O)OC)ccc13)CC(C(=O)N1CCOCC1)=C(C)c1ccccc1-2. The van der Waals surface area contributed by atoms with Crippen LogP contribution in [-0.4, -0.2) is 54.8 Å². The number of allylic oxidation sites excluding steroid dienone is 1. The highest BCUT2D eigenvalue weighted by Crippen LogP contribution is 2.46. The predicted molar refractivity (Wildman–Crippen MR) is 151 cm³/mol. The molecule has 200 valence electrons. The summed E-state index contributed by atoms with van der Waals surface area (Å²) >= 11 is 0. The predicted octanol–water partition coefficient (Wildman–Crippen LogP) is 6.42. The number of benzene rings is 2. The molecule has 0 unspecified atom stereocenters. The molecule has 2 aromatic carbocycles. The monoisotopic (exact) mass is 514 g/mol. The van der Waals surface area contributed by atoms with E-state index >= 15 is 0 Å². The Kier molecular flexibility index (Phi) is 7.70. The van der Waals surface area contributed by atoms with Crippen LogP contribution in [0.15, 0.2) is 48.0 Å². The lowest BCUT2D eigenvalue weighted by Crippen LogP contribution is -2.42. The molecule has 6 nitrogen and oxygen atoms in total. The Morgan fingerprint density at radius 2 is 1.68 bits per heavy atom. The van der Waals surface area contributed by atoms with Crippen molar-refractivity contribution in [1.82, 2.24) is 9.47 Å². The van der Waals surface area contributed by atoms with Gasteiger partial charge in [-0.25, -0.2) is 4.79 Å². The molecule has 1 aromatic heterocycles. The average molecular weight is 515 g/mol. The zero-order chi connectivity index (χ0) is 26.8. The number of esters is 1. The number of carbonyl (C=O) groups is 2. The van der Waals surface area contributed by atoms with Crippen molar-refractivity contribution in [3.63, 3.8) is 0 Å². The standard InChI is InChI=1S/C32H38N2O4/c1-5-9-22(10-6-2)29-26-14-13-23(32(36)37-4)19-28(26)34-20-27(31(35)33-15-17-38-18-16-33)21(3)24-11-7-8-12-25(24)30(29)34/h7-8,11-14,19,22H,5-6,9-10,15-18,20H2,1-4H3. The van der Waals surface area contributed by atoms with Gasteiger partial charge < -0.3 is 18.9 Å². The van der Waals surface area contributed by atoms with Gasteiger partial charge in [-0.05, 0) is 54.5 Å². The van der Waals surface area contributed by atoms with Crippen molar-refractivity contribution in [1.29, 1.82) is 0 Å². The second-order valence-corrected chi connectivity index (χ2v) is 10.4. The zero-order valence-corrected chi connectivity index (χ0v) is 23.0. The third-order valence-electron chi connectivity index (χ3n) is 8.12. The molecular weight excluding hydrogens is 476 g/mol. The molecule has 0 N–H and O–H groups in total. The molecule has 0 aliphatic carbocycles. The van der Waals surface area contributed by atoms with Gasteiger partial charge in [0.25, 0.3) is 5.91 Å². The molecule has 0 atom stereocenters. The van der Waals surface area contributed by atoms with Crippen LogP contribution in [-0.2, 0) is 20.8 Å². The van der Waals surface area contributed by atoms with Gasteiger partial charge in [-0.2, -0.15) is 0 Å². The number of fused-ring (bicyclic) bond motifs is 5. The summed E-state index contributed by atoms with van der Waals surface area (Å²) in [6.07, 6.45) is 4.37. The number of aromatic nitrogens is 1. The van der Waals surface area contributed by atoms with E-state index in [0.29, 0.717) is 44.3 Å². The quantitative estimate of drug-likeness (QED) is 0.341. The average Bonchev–Trinajstić information content (AvgIpc) is 3.21. The van der Waals surface area contributed by atoms with Crippen LogP contribution in [0.4, 0.5) is 0 Å². The van der Waals surface area contributed by atoms with Crippen molar-refractivity contribution in [2.45, 2.75) is 58.9 Å². The van der Waals surface area contributed by atoms with Crippen LogP contribution in [0.25, 0.3) is 27.7 Å². The van der Waals surface area contributed by atoms with Gasteiger partial charge in [0.15, 0.2) is 0 Å². The van der Waals surface area contributed by atoms with Gasteiger partial charge in [0.1, 0.15) is 0 Å². The Bertz CT molecular complexity index is 1390. The Morgan fingerprint density at radius 3 is 2.34 bits per heavy atom. The number of methoxy groups -OCH3 is 1. The van der Waals surface area contributed by atoms with Gasteiger partial charge in [-0.3, -0.25) is 4.79 Å². The Morgan fingerprint density at radius 1 is 1.00 bits per heavy atom. The summed E-state index contributed by atoms with van der Waals surface area (Å²) in [4.78, 5) is 28.4. The van der Waals surface area contributed by atoms with E-state index in [1.54, 1.807) is 0 Å². The second-order valence-electron chi connectivity index (χ2n) is 10.4. The highest BCUT2D eigenvalue weighted by molar-refractivity contribution is 6.06. The van der Waals surface area contributed by atoms with Crippen molar-refractivity contribution in [3.05, 3.63) is 64.7 Å². The maximum Gasteiger partial charge on any atom is 0.337 e. The van der Waals surface area contributed by atoms with E-state index < -0.39 is 0 Å². The highest BCUT2D eigenvalue weighted by Gasteiger charge is 2.32. The lowest BCUT2D eigenvalue weighted by molar-refractivity contribution is -0.131. The summed E-state index contributed by atoms with van der Waals surface area (Å²) in [5, 5.41) is 1.16. The molecule has 2 aliphatic rings. The molecule has 6 heteroatoms. The van der Waals surface area contributed by atoms with E-state index in [-0.39, 0.29) is 11.9 Å². The van der Waals surface area contributed by atoms with E-state index in [0.717, 1.165) is 58.9 Å². The number of hydrogen-bond acceptors (Lipinski definition) is 4. The molecule has 1 saturated heterocycles. The van der Waals surface area contributed by atoms with E-state index in [2.05, 4.69) is 55.7 Å². The van der Waals surface area contributed by atoms with Gasteiger partial charge in [0.2, 0.25) is 0 Å². The van der Waals surface area contributed by atoms with Gasteiger partial charge in [0, 0.05) is 35.1 Å². The fraction of sp³-hybridized carbons (Fsp3) is 0.438. The first-order chi connectivity index (χ1) is 18.5. The molecule has 0 radical (unpaired) electrons. The minimum Gasteiger partial charge on any atom is -0.465 e. The van der Waals surface area contributed by atoms with Crippen LogP contribution in [0, 0.1) is 0 Å². The third-order valence-corrected chi connectivity index (χ3v) is 8.12. The van der Waals surface area contributed by atoms with Crippen LogP contribution in [0.5, 0.6) is 0 Å². The van der Waals surface area contributed by atoms with Gasteiger partial charge in [0.05, 0.1) is 38.1 Å². The van der Waals surface area contributed by atoms with Crippen LogP contribution >= 0.6 is 0 Å². The summed E-state index contributed by atoms with van der Waals surface area (Å²) in [5.41, 5.74) is 8.08. The molecular formula is C32H38N2O4. The fourth-order valence-electron chi connectivity index (χ4n) is 6.26. The summed E-state index contributed by atoms with van der Waals surface area (Å²) in [7, 11) is 1.41. The molecule has 3 aromatic rings. The van der Waals surface area contributed by atoms with Gasteiger partial charge in [-0.15, -0.1) is 0 Å². The molecule has 0 saturated carbocycles. The Hall–Kier alpha value is -3.38. The van der Waals surface area contributed by atoms with Crippen LogP contribution in [0.1, 0.15) is 73.9 Å². The topological polar surface area (TPSA) is 60.8 Å². The van der Waals surface area contributed by atoms with E-state index in [1.807, 2.05) is 17.0 Å². The normalized spacial score (nSPS) is 15.4. The van der Waals surface area contributed by atoms with Crippen molar-refractivity contribution < 1.29 is 19.1 Å². The number of ether oxygens (including phenoxy) is 2. The number of rotatable bonds is 7. The maximum atomic E-state index is 14.0. The minimum atomic E-state index is -0.354. The first kappa shape index (κ1) is 26.2. The summed E-state index contributed by atoms with van der Waals surface area (Å²) < 4.78 is 12.9. The smallest absolute Gasteiger partial charge is 0.337 e. The number of carbonyl (C=O) groups excluding carboxylic acids is 2. The lowest BCUT2D eigenvalue weighted by atomic mass is 9.85. The first-order valence-corrected chi connectivity index (χ1v) is 13.9. The molecule has 1 amide bonds. The molecule has 0 spiro atoms. The van der Waals surface area contributed by atoms with Crippen molar-refractivity contribution in [2.75, 3.05) is 33.4 Å². The second kappa shape index (κ2) is 11.2. The summed E-state index contributed by atoms with van der Waals surface area (Å²) in [6, 6.07) is 14.4. The Balaban J connectivity index is 1.81. The number of nitrogens with zero attached hydrogens (tertiary/aromatic N) is 2. The maximum absolute atomic E-state index is 14.0. The lowest BCUT2D eigenvalue weighted by Gasteiger charge is -2.28.